The van der Waals surface area contributed by atoms with Crippen LogP contribution in [0.3, 0.4) is 0 Å². The second kappa shape index (κ2) is 9.37. The lowest BCUT2D eigenvalue weighted by molar-refractivity contribution is -0.143. The van der Waals surface area contributed by atoms with Crippen LogP contribution in [-0.4, -0.2) is 33.8 Å². The molecular formula is C29H30N2O4. The minimum absolute atomic E-state index is 0.145. The second-order valence-corrected chi connectivity index (χ2v) is 9.26. The molecule has 35 heavy (non-hydrogen) atoms. The molecule has 2 atom stereocenters. The van der Waals surface area contributed by atoms with Crippen LogP contribution in [0.5, 0.6) is 0 Å². The molecule has 0 spiro atoms. The standard InChI is InChI=1S/C29H30N2O4/c1-6-25(29(34)35)31-19(5)23-12-9-21(15-24(23)28(31)33)20-7-10-22(11-8-20)30-27(32)26-17(3)13-16(2)14-18(26)4/h7-15,19,25H,6H2,1-5H3,(H,30,32)(H,34,35)/t19-,25?/m0/s1. The fraction of sp³-hybridized carbons (Fsp3) is 0.276. The minimum Gasteiger partial charge on any atom is -0.480 e. The van der Waals surface area contributed by atoms with Crippen LogP contribution in [0.2, 0.25) is 0 Å². The normalized spacial score (nSPS) is 15.6. The van der Waals surface area contributed by atoms with Gasteiger partial charge in [-0.1, -0.05) is 48.9 Å². The first kappa shape index (κ1) is 24.2. The van der Waals surface area contributed by atoms with Gasteiger partial charge in [0.2, 0.25) is 0 Å². The summed E-state index contributed by atoms with van der Waals surface area (Å²) in [4.78, 5) is 39.1. The van der Waals surface area contributed by atoms with Crippen LogP contribution in [0.4, 0.5) is 5.69 Å². The van der Waals surface area contributed by atoms with Crippen molar-refractivity contribution in [2.24, 2.45) is 0 Å². The number of carboxylic acid groups (broad SMARTS) is 1. The van der Waals surface area contributed by atoms with Crippen LogP contribution in [0, 0.1) is 20.8 Å². The first-order valence-electron chi connectivity index (χ1n) is 11.8. The van der Waals surface area contributed by atoms with Crippen molar-refractivity contribution >= 4 is 23.5 Å². The van der Waals surface area contributed by atoms with Gasteiger partial charge in [-0.15, -0.1) is 0 Å². The fourth-order valence-corrected chi connectivity index (χ4v) is 5.13. The van der Waals surface area contributed by atoms with Crippen LogP contribution in [0.15, 0.2) is 54.6 Å². The average molecular weight is 471 g/mol. The van der Waals surface area contributed by atoms with Crippen molar-refractivity contribution in [2.45, 2.75) is 53.1 Å². The fourth-order valence-electron chi connectivity index (χ4n) is 5.13. The van der Waals surface area contributed by atoms with Gasteiger partial charge in [0.25, 0.3) is 11.8 Å². The van der Waals surface area contributed by atoms with E-state index in [0.29, 0.717) is 23.2 Å². The maximum Gasteiger partial charge on any atom is 0.326 e. The summed E-state index contributed by atoms with van der Waals surface area (Å²) in [7, 11) is 0. The van der Waals surface area contributed by atoms with E-state index in [2.05, 4.69) is 5.32 Å². The van der Waals surface area contributed by atoms with Gasteiger partial charge in [-0.3, -0.25) is 9.59 Å². The number of aryl methyl sites for hydroxylation is 3. The predicted octanol–water partition coefficient (Wildman–Crippen LogP) is 5.91. The summed E-state index contributed by atoms with van der Waals surface area (Å²) in [6.07, 6.45) is 0.348. The van der Waals surface area contributed by atoms with Crippen LogP contribution < -0.4 is 5.32 Å². The smallest absolute Gasteiger partial charge is 0.326 e. The average Bonchev–Trinajstić information content (AvgIpc) is 3.04. The molecule has 3 aromatic rings. The SMILES string of the molecule is CCC(C(=O)O)N1C(=O)c2cc(-c3ccc(NC(=O)c4c(C)cc(C)cc4C)cc3)ccc2[C@@H]1C. The van der Waals surface area contributed by atoms with Crippen molar-refractivity contribution < 1.29 is 19.5 Å². The van der Waals surface area contributed by atoms with E-state index in [4.69, 9.17) is 0 Å². The van der Waals surface area contributed by atoms with Gasteiger partial charge in [0.05, 0.1) is 6.04 Å². The molecule has 0 saturated carbocycles. The lowest BCUT2D eigenvalue weighted by atomic mass is 9.98. The molecule has 4 rings (SSSR count). The molecule has 1 aliphatic rings. The third kappa shape index (κ3) is 4.44. The Morgan fingerprint density at radius 1 is 0.971 bits per heavy atom. The zero-order chi connectivity index (χ0) is 25.4. The summed E-state index contributed by atoms with van der Waals surface area (Å²) in [6.45, 7) is 9.53. The molecule has 2 N–H and O–H groups in total. The second-order valence-electron chi connectivity index (χ2n) is 9.26. The molecule has 2 amide bonds. The number of benzene rings is 3. The zero-order valence-corrected chi connectivity index (χ0v) is 20.7. The van der Waals surface area contributed by atoms with Gasteiger partial charge in [-0.25, -0.2) is 4.79 Å². The highest BCUT2D eigenvalue weighted by molar-refractivity contribution is 6.06. The largest absolute Gasteiger partial charge is 0.480 e. The number of hydrogen-bond donors (Lipinski definition) is 2. The number of amides is 2. The number of carboxylic acids is 1. The number of nitrogens with one attached hydrogen (secondary N) is 1. The predicted molar refractivity (Wildman–Crippen MR) is 137 cm³/mol. The molecule has 6 heteroatoms. The summed E-state index contributed by atoms with van der Waals surface area (Å²) in [6, 6.07) is 16.0. The van der Waals surface area contributed by atoms with E-state index >= 15 is 0 Å². The highest BCUT2D eigenvalue weighted by Gasteiger charge is 2.40. The summed E-state index contributed by atoms with van der Waals surface area (Å²) >= 11 is 0. The molecule has 0 fully saturated rings. The van der Waals surface area contributed by atoms with E-state index < -0.39 is 12.0 Å². The summed E-state index contributed by atoms with van der Waals surface area (Å²) < 4.78 is 0. The Morgan fingerprint density at radius 3 is 2.14 bits per heavy atom. The van der Waals surface area contributed by atoms with Crippen LogP contribution in [0.25, 0.3) is 11.1 Å². The van der Waals surface area contributed by atoms with E-state index in [1.165, 1.54) is 4.90 Å². The van der Waals surface area contributed by atoms with E-state index in [1.54, 1.807) is 6.92 Å². The third-order valence-electron chi connectivity index (χ3n) is 6.77. The lowest BCUT2D eigenvalue weighted by Crippen LogP contribution is -2.42. The van der Waals surface area contributed by atoms with E-state index in [0.717, 1.165) is 33.4 Å². The number of anilines is 1. The molecule has 6 nitrogen and oxygen atoms in total. The lowest BCUT2D eigenvalue weighted by Gasteiger charge is -2.28. The molecule has 0 aromatic heterocycles. The highest BCUT2D eigenvalue weighted by atomic mass is 16.4. The van der Waals surface area contributed by atoms with Crippen molar-refractivity contribution in [2.75, 3.05) is 5.32 Å². The monoisotopic (exact) mass is 470 g/mol. The van der Waals surface area contributed by atoms with E-state index in [9.17, 15) is 19.5 Å². The van der Waals surface area contributed by atoms with Crippen molar-refractivity contribution in [3.05, 3.63) is 88.0 Å². The molecule has 180 valence electrons. The number of nitrogens with zero attached hydrogens (tertiary/aromatic N) is 1. The molecule has 0 bridgehead atoms. The van der Waals surface area contributed by atoms with Crippen molar-refractivity contribution in [1.29, 1.82) is 0 Å². The van der Waals surface area contributed by atoms with Gasteiger partial charge in [0.1, 0.15) is 6.04 Å². The maximum absolute atomic E-state index is 13.1. The molecule has 3 aromatic carbocycles. The Bertz CT molecular complexity index is 1300. The van der Waals surface area contributed by atoms with Crippen LogP contribution in [0.1, 0.15) is 69.3 Å². The van der Waals surface area contributed by atoms with Gasteiger partial charge in [-0.2, -0.15) is 0 Å². The number of aliphatic carboxylic acids is 1. The molecule has 1 unspecified atom stereocenters. The highest BCUT2D eigenvalue weighted by Crippen LogP contribution is 2.38. The summed E-state index contributed by atoms with van der Waals surface area (Å²) in [5.41, 5.74) is 7.51. The molecule has 0 radical (unpaired) electrons. The minimum atomic E-state index is -0.991. The zero-order valence-electron chi connectivity index (χ0n) is 20.7. The molecule has 0 saturated heterocycles. The molecule has 0 aliphatic carbocycles. The van der Waals surface area contributed by atoms with E-state index in [-0.39, 0.29) is 17.9 Å². The summed E-state index contributed by atoms with van der Waals surface area (Å²) in [5, 5.41) is 12.5. The first-order chi connectivity index (χ1) is 16.6. The Hall–Kier alpha value is -3.93. The molecule has 1 aliphatic heterocycles. The number of fused-ring (bicyclic) bond motifs is 1. The Labute approximate surface area is 205 Å². The number of carbonyl (C=O) groups excluding carboxylic acids is 2. The van der Waals surface area contributed by atoms with Crippen LogP contribution in [-0.2, 0) is 4.79 Å². The summed E-state index contributed by atoms with van der Waals surface area (Å²) in [5.74, 6) is -1.39. The van der Waals surface area contributed by atoms with Crippen LogP contribution >= 0.6 is 0 Å². The Morgan fingerprint density at radius 2 is 1.57 bits per heavy atom. The number of carbonyl (C=O) groups is 3. The van der Waals surface area contributed by atoms with E-state index in [1.807, 2.05) is 82.3 Å². The molecule has 1 heterocycles. The van der Waals surface area contributed by atoms with Gasteiger partial charge < -0.3 is 15.3 Å². The van der Waals surface area contributed by atoms with Gasteiger partial charge >= 0.3 is 5.97 Å². The Balaban J connectivity index is 1.56. The van der Waals surface area contributed by atoms with Gasteiger partial charge in [0.15, 0.2) is 0 Å². The van der Waals surface area contributed by atoms with Crippen molar-refractivity contribution in [1.82, 2.24) is 4.90 Å². The maximum atomic E-state index is 13.1. The quantitative estimate of drug-likeness (QED) is 0.469. The Kier molecular flexibility index (Phi) is 6.48. The number of hydrogen-bond acceptors (Lipinski definition) is 3. The van der Waals surface area contributed by atoms with Crippen molar-refractivity contribution in [3.63, 3.8) is 0 Å². The third-order valence-corrected chi connectivity index (χ3v) is 6.77. The van der Waals surface area contributed by atoms with Gasteiger partial charge in [0, 0.05) is 16.8 Å². The van der Waals surface area contributed by atoms with Crippen molar-refractivity contribution in [3.8, 4) is 11.1 Å². The topological polar surface area (TPSA) is 86.7 Å². The van der Waals surface area contributed by atoms with Gasteiger partial charge in [-0.05, 0) is 80.1 Å². The molecular weight excluding hydrogens is 440 g/mol. The first-order valence-corrected chi connectivity index (χ1v) is 11.8. The number of rotatable bonds is 6.